The van der Waals surface area contributed by atoms with Crippen molar-refractivity contribution < 1.29 is 4.74 Å². The third kappa shape index (κ3) is 2.69. The minimum Gasteiger partial charge on any atom is -0.497 e. The van der Waals surface area contributed by atoms with Gasteiger partial charge < -0.3 is 9.72 Å². The van der Waals surface area contributed by atoms with E-state index in [2.05, 4.69) is 40.0 Å². The van der Waals surface area contributed by atoms with Gasteiger partial charge in [0.05, 0.1) is 22.6 Å². The second kappa shape index (κ2) is 6.02. The number of methoxy groups -OCH3 is 1. The minimum atomic E-state index is 0.828. The standard InChI is InChI=1S/C18H14N2OS2/c1-21-13-6-2-5-12(11-13)18-19-16(14-7-3-9-22-14)17(20-18)15-8-4-10-23-15/h2-11H,1H3,(H,19,20). The summed E-state index contributed by atoms with van der Waals surface area (Å²) in [4.78, 5) is 10.7. The van der Waals surface area contributed by atoms with Crippen LogP contribution < -0.4 is 4.74 Å². The number of ether oxygens (including phenoxy) is 1. The van der Waals surface area contributed by atoms with Crippen LogP contribution in [0.4, 0.5) is 0 Å². The van der Waals surface area contributed by atoms with E-state index < -0.39 is 0 Å². The molecule has 4 rings (SSSR count). The van der Waals surface area contributed by atoms with Gasteiger partial charge in [0.2, 0.25) is 0 Å². The lowest BCUT2D eigenvalue weighted by Crippen LogP contribution is -1.85. The van der Waals surface area contributed by atoms with Crippen molar-refractivity contribution in [3.8, 4) is 38.3 Å². The van der Waals surface area contributed by atoms with Crippen LogP contribution in [0.2, 0.25) is 0 Å². The Morgan fingerprint density at radius 2 is 1.74 bits per heavy atom. The van der Waals surface area contributed by atoms with Gasteiger partial charge in [0.25, 0.3) is 0 Å². The second-order valence-electron chi connectivity index (χ2n) is 5.00. The van der Waals surface area contributed by atoms with E-state index >= 15 is 0 Å². The molecule has 0 atom stereocenters. The molecular formula is C18H14N2OS2. The summed E-state index contributed by atoms with van der Waals surface area (Å²) >= 11 is 3.41. The fourth-order valence-corrected chi connectivity index (χ4v) is 3.92. The maximum absolute atomic E-state index is 5.32. The number of hydrogen-bond acceptors (Lipinski definition) is 4. The summed E-state index contributed by atoms with van der Waals surface area (Å²) in [5.74, 6) is 1.69. The molecule has 0 aliphatic heterocycles. The zero-order chi connectivity index (χ0) is 15.6. The fourth-order valence-electron chi connectivity index (χ4n) is 2.47. The van der Waals surface area contributed by atoms with E-state index in [1.807, 2.05) is 24.3 Å². The minimum absolute atomic E-state index is 0.828. The van der Waals surface area contributed by atoms with Crippen molar-refractivity contribution in [3.05, 3.63) is 59.3 Å². The summed E-state index contributed by atoms with van der Waals surface area (Å²) in [5.41, 5.74) is 3.09. The molecule has 1 aromatic carbocycles. The van der Waals surface area contributed by atoms with Crippen LogP contribution in [0.25, 0.3) is 32.5 Å². The van der Waals surface area contributed by atoms with E-state index in [0.717, 1.165) is 28.5 Å². The molecule has 0 aliphatic rings. The summed E-state index contributed by atoms with van der Waals surface area (Å²) in [7, 11) is 1.68. The molecule has 5 heteroatoms. The van der Waals surface area contributed by atoms with Crippen LogP contribution in [0.1, 0.15) is 0 Å². The molecule has 114 valence electrons. The molecule has 3 heterocycles. The Kier molecular flexibility index (Phi) is 3.73. The molecule has 3 nitrogen and oxygen atoms in total. The predicted molar refractivity (Wildman–Crippen MR) is 97.2 cm³/mol. The quantitative estimate of drug-likeness (QED) is 0.530. The summed E-state index contributed by atoms with van der Waals surface area (Å²) in [6.45, 7) is 0. The first-order chi connectivity index (χ1) is 11.3. The second-order valence-corrected chi connectivity index (χ2v) is 6.89. The van der Waals surface area contributed by atoms with Crippen LogP contribution in [0.15, 0.2) is 59.3 Å². The van der Waals surface area contributed by atoms with Gasteiger partial charge >= 0.3 is 0 Å². The number of rotatable bonds is 4. The lowest BCUT2D eigenvalue weighted by atomic mass is 10.2. The summed E-state index contributed by atoms with van der Waals surface area (Å²) < 4.78 is 5.32. The monoisotopic (exact) mass is 338 g/mol. The molecule has 0 bridgehead atoms. The van der Waals surface area contributed by atoms with Gasteiger partial charge in [-0.3, -0.25) is 0 Å². The van der Waals surface area contributed by atoms with E-state index in [1.165, 1.54) is 9.75 Å². The van der Waals surface area contributed by atoms with Gasteiger partial charge in [-0.2, -0.15) is 0 Å². The van der Waals surface area contributed by atoms with Crippen LogP contribution in [0.5, 0.6) is 5.75 Å². The Balaban J connectivity index is 1.87. The van der Waals surface area contributed by atoms with E-state index in [-0.39, 0.29) is 0 Å². The predicted octanol–water partition coefficient (Wildman–Crippen LogP) is 5.54. The maximum atomic E-state index is 5.32. The SMILES string of the molecule is COc1cccc(-c2nc(-c3cccs3)c(-c3cccs3)[nH]2)c1. The van der Waals surface area contributed by atoms with Crippen molar-refractivity contribution >= 4 is 22.7 Å². The van der Waals surface area contributed by atoms with Crippen molar-refractivity contribution in [2.45, 2.75) is 0 Å². The average Bonchev–Trinajstić information content (AvgIpc) is 3.34. The van der Waals surface area contributed by atoms with Gasteiger partial charge in [-0.1, -0.05) is 24.3 Å². The third-order valence-corrected chi connectivity index (χ3v) is 5.33. The molecule has 0 aliphatic carbocycles. The van der Waals surface area contributed by atoms with Gasteiger partial charge in [0.1, 0.15) is 17.3 Å². The molecule has 0 saturated heterocycles. The number of hydrogen-bond donors (Lipinski definition) is 1. The summed E-state index contributed by atoms with van der Waals surface area (Å²) in [5, 5.41) is 4.16. The van der Waals surface area contributed by atoms with E-state index in [4.69, 9.17) is 9.72 Å². The van der Waals surface area contributed by atoms with Gasteiger partial charge in [0, 0.05) is 5.56 Å². The Bertz CT molecular complexity index is 857. The summed E-state index contributed by atoms with van der Waals surface area (Å²) in [6.07, 6.45) is 0. The fraction of sp³-hybridized carbons (Fsp3) is 0.0556. The zero-order valence-corrected chi connectivity index (χ0v) is 14.1. The molecule has 23 heavy (non-hydrogen) atoms. The molecule has 3 aromatic heterocycles. The normalized spacial score (nSPS) is 10.8. The highest BCUT2D eigenvalue weighted by Gasteiger charge is 2.16. The highest BCUT2D eigenvalue weighted by Crippen LogP contribution is 2.37. The Labute approximate surface area is 142 Å². The number of nitrogens with one attached hydrogen (secondary N) is 1. The molecule has 0 radical (unpaired) electrons. The van der Waals surface area contributed by atoms with Crippen LogP contribution >= 0.6 is 22.7 Å². The van der Waals surface area contributed by atoms with E-state index in [1.54, 1.807) is 29.8 Å². The number of benzene rings is 1. The first-order valence-corrected chi connectivity index (χ1v) is 8.93. The first-order valence-electron chi connectivity index (χ1n) is 7.17. The van der Waals surface area contributed by atoms with Crippen molar-refractivity contribution in [2.75, 3.05) is 7.11 Å². The molecular weight excluding hydrogens is 324 g/mol. The van der Waals surface area contributed by atoms with Crippen LogP contribution in [0.3, 0.4) is 0 Å². The Morgan fingerprint density at radius 3 is 2.43 bits per heavy atom. The number of H-pyrrole nitrogens is 1. The highest BCUT2D eigenvalue weighted by molar-refractivity contribution is 7.14. The Hall–Kier alpha value is -2.37. The number of imidazole rings is 1. The number of aromatic amines is 1. The number of thiophene rings is 2. The average molecular weight is 338 g/mol. The van der Waals surface area contributed by atoms with Crippen molar-refractivity contribution in [1.29, 1.82) is 0 Å². The molecule has 0 saturated carbocycles. The maximum Gasteiger partial charge on any atom is 0.138 e. The van der Waals surface area contributed by atoms with E-state index in [9.17, 15) is 0 Å². The molecule has 0 spiro atoms. The zero-order valence-electron chi connectivity index (χ0n) is 12.4. The molecule has 1 N–H and O–H groups in total. The summed E-state index contributed by atoms with van der Waals surface area (Å²) in [6, 6.07) is 16.3. The molecule has 0 unspecified atom stereocenters. The largest absolute Gasteiger partial charge is 0.497 e. The molecule has 0 amide bonds. The lowest BCUT2D eigenvalue weighted by Gasteiger charge is -2.01. The van der Waals surface area contributed by atoms with Crippen molar-refractivity contribution in [2.24, 2.45) is 0 Å². The van der Waals surface area contributed by atoms with Gasteiger partial charge in [-0.15, -0.1) is 22.7 Å². The smallest absolute Gasteiger partial charge is 0.138 e. The highest BCUT2D eigenvalue weighted by atomic mass is 32.1. The Morgan fingerprint density at radius 1 is 0.957 bits per heavy atom. The van der Waals surface area contributed by atoms with Crippen LogP contribution in [0, 0.1) is 0 Å². The van der Waals surface area contributed by atoms with Gasteiger partial charge in [-0.25, -0.2) is 4.98 Å². The topological polar surface area (TPSA) is 37.9 Å². The van der Waals surface area contributed by atoms with Crippen LogP contribution in [-0.2, 0) is 0 Å². The van der Waals surface area contributed by atoms with Gasteiger partial charge in [-0.05, 0) is 35.0 Å². The third-order valence-electron chi connectivity index (χ3n) is 3.57. The number of nitrogens with zero attached hydrogens (tertiary/aromatic N) is 1. The van der Waals surface area contributed by atoms with Crippen LogP contribution in [-0.4, -0.2) is 17.1 Å². The van der Waals surface area contributed by atoms with Crippen molar-refractivity contribution in [1.82, 2.24) is 9.97 Å². The molecule has 0 fully saturated rings. The van der Waals surface area contributed by atoms with Gasteiger partial charge in [0.15, 0.2) is 0 Å². The van der Waals surface area contributed by atoms with E-state index in [0.29, 0.717) is 0 Å². The van der Waals surface area contributed by atoms with Crippen molar-refractivity contribution in [3.63, 3.8) is 0 Å². The lowest BCUT2D eigenvalue weighted by molar-refractivity contribution is 0.415. The number of aromatic nitrogens is 2. The first kappa shape index (κ1) is 14.2. The molecule has 4 aromatic rings.